The van der Waals surface area contributed by atoms with E-state index < -0.39 is 15.8 Å². The molecule has 1 rings (SSSR count). The van der Waals surface area contributed by atoms with Crippen LogP contribution in [-0.2, 0) is 10.0 Å². The van der Waals surface area contributed by atoms with Gasteiger partial charge in [-0.2, -0.15) is 4.31 Å². The van der Waals surface area contributed by atoms with Gasteiger partial charge in [0.2, 0.25) is 10.0 Å². The maximum absolute atomic E-state index is 13.8. The lowest BCUT2D eigenvalue weighted by Gasteiger charge is -2.28. The first-order valence-electron chi connectivity index (χ1n) is 7.33. The zero-order valence-electron chi connectivity index (χ0n) is 13.2. The highest BCUT2D eigenvalue weighted by Crippen LogP contribution is 2.27. The summed E-state index contributed by atoms with van der Waals surface area (Å²) in [5.74, 6) is -0.590. The Labute approximate surface area is 127 Å². The highest BCUT2D eigenvalue weighted by molar-refractivity contribution is 7.89. The van der Waals surface area contributed by atoms with Crippen LogP contribution in [0.2, 0.25) is 0 Å². The first kappa shape index (κ1) is 17.9. The molecule has 1 atom stereocenters. The number of nitrogens with two attached hydrogens (primary N) is 1. The van der Waals surface area contributed by atoms with Gasteiger partial charge in [-0.25, -0.2) is 12.8 Å². The summed E-state index contributed by atoms with van der Waals surface area (Å²) in [5, 5.41) is 0. The molecule has 0 fully saturated rings. The zero-order chi connectivity index (χ0) is 16.2. The van der Waals surface area contributed by atoms with Crippen molar-refractivity contribution in [3.8, 4) is 0 Å². The second-order valence-electron chi connectivity index (χ2n) is 5.35. The van der Waals surface area contributed by atoms with Gasteiger partial charge in [-0.3, -0.25) is 0 Å². The smallest absolute Gasteiger partial charge is 0.243 e. The van der Waals surface area contributed by atoms with Crippen molar-refractivity contribution < 1.29 is 12.8 Å². The molecule has 21 heavy (non-hydrogen) atoms. The van der Waals surface area contributed by atoms with Crippen LogP contribution < -0.4 is 5.73 Å². The van der Waals surface area contributed by atoms with Gasteiger partial charge in [0, 0.05) is 23.8 Å². The van der Waals surface area contributed by atoms with Gasteiger partial charge < -0.3 is 5.73 Å². The zero-order valence-corrected chi connectivity index (χ0v) is 14.0. The van der Waals surface area contributed by atoms with E-state index in [0.717, 1.165) is 18.9 Å². The average Bonchev–Trinajstić information content (AvgIpc) is 2.42. The molecule has 1 aromatic carbocycles. The Hall–Kier alpha value is -1.14. The number of rotatable bonds is 7. The summed E-state index contributed by atoms with van der Waals surface area (Å²) in [5.41, 5.74) is 5.85. The Morgan fingerprint density at radius 2 is 1.95 bits per heavy atom. The van der Waals surface area contributed by atoms with Crippen LogP contribution >= 0.6 is 0 Å². The third-order valence-corrected chi connectivity index (χ3v) is 5.86. The largest absolute Gasteiger partial charge is 0.399 e. The van der Waals surface area contributed by atoms with Crippen LogP contribution in [0, 0.1) is 12.7 Å². The molecule has 0 aliphatic carbocycles. The Kier molecular flexibility index (Phi) is 6.16. The normalized spacial score (nSPS) is 13.6. The average molecular weight is 316 g/mol. The van der Waals surface area contributed by atoms with E-state index >= 15 is 0 Å². The van der Waals surface area contributed by atoms with Crippen molar-refractivity contribution in [2.24, 2.45) is 0 Å². The minimum atomic E-state index is -3.75. The predicted octanol–water partition coefficient (Wildman–Crippen LogP) is 3.31. The van der Waals surface area contributed by atoms with Crippen molar-refractivity contribution in [1.82, 2.24) is 4.31 Å². The van der Waals surface area contributed by atoms with E-state index in [-0.39, 0.29) is 22.2 Å². The molecule has 1 unspecified atom stereocenters. The van der Waals surface area contributed by atoms with Gasteiger partial charge in [0.1, 0.15) is 5.82 Å². The fraction of sp³-hybridized carbons (Fsp3) is 0.600. The third kappa shape index (κ3) is 3.95. The molecule has 4 nitrogen and oxygen atoms in total. The van der Waals surface area contributed by atoms with Gasteiger partial charge in [0.05, 0.1) is 4.90 Å². The van der Waals surface area contributed by atoms with Crippen LogP contribution in [0.1, 0.15) is 45.6 Å². The summed E-state index contributed by atoms with van der Waals surface area (Å²) in [6.45, 7) is 7.71. The maximum atomic E-state index is 13.8. The molecule has 6 heteroatoms. The van der Waals surface area contributed by atoms with E-state index in [1.165, 1.54) is 17.3 Å². The number of nitrogens with zero attached hydrogens (tertiary/aromatic N) is 1. The highest BCUT2D eigenvalue weighted by atomic mass is 32.2. The molecule has 1 aromatic rings. The summed E-state index contributed by atoms with van der Waals surface area (Å²) in [7, 11) is -3.75. The van der Waals surface area contributed by atoms with E-state index in [4.69, 9.17) is 5.73 Å². The van der Waals surface area contributed by atoms with Crippen molar-refractivity contribution in [3.05, 3.63) is 23.5 Å². The van der Waals surface area contributed by atoms with Crippen molar-refractivity contribution >= 4 is 15.7 Å². The number of hydrogen-bond acceptors (Lipinski definition) is 3. The topological polar surface area (TPSA) is 63.4 Å². The van der Waals surface area contributed by atoms with Gasteiger partial charge in [0.25, 0.3) is 0 Å². The lowest BCUT2D eigenvalue weighted by Crippen LogP contribution is -2.39. The van der Waals surface area contributed by atoms with Crippen molar-refractivity contribution in [2.75, 3.05) is 12.3 Å². The fourth-order valence-electron chi connectivity index (χ4n) is 2.16. The standard InChI is InChI=1S/C15H25FN2O2S/c1-5-7-8-18(11(3)6-2)21(19,20)15-10-13(17)9-14(16)12(15)4/h9-11H,5-8,17H2,1-4H3. The molecule has 120 valence electrons. The molecule has 2 N–H and O–H groups in total. The summed E-state index contributed by atoms with van der Waals surface area (Å²) in [6.07, 6.45) is 2.37. The number of benzene rings is 1. The third-order valence-electron chi connectivity index (χ3n) is 3.72. The second-order valence-corrected chi connectivity index (χ2v) is 7.21. The number of nitrogen functional groups attached to an aromatic ring is 1. The van der Waals surface area contributed by atoms with Crippen LogP contribution in [0.15, 0.2) is 17.0 Å². The molecule has 0 aromatic heterocycles. The lowest BCUT2D eigenvalue weighted by atomic mass is 10.2. The van der Waals surface area contributed by atoms with Gasteiger partial charge in [-0.15, -0.1) is 0 Å². The van der Waals surface area contributed by atoms with Gasteiger partial charge in [-0.05, 0) is 38.8 Å². The second kappa shape index (κ2) is 7.22. The van der Waals surface area contributed by atoms with Crippen molar-refractivity contribution in [1.29, 1.82) is 0 Å². The van der Waals surface area contributed by atoms with E-state index in [1.54, 1.807) is 0 Å². The van der Waals surface area contributed by atoms with Crippen molar-refractivity contribution in [2.45, 2.75) is 57.9 Å². The SMILES string of the molecule is CCCCN(C(C)CC)S(=O)(=O)c1cc(N)cc(F)c1C. The Bertz CT molecular complexity index is 588. The molecule has 0 radical (unpaired) electrons. The summed E-state index contributed by atoms with van der Waals surface area (Å²) in [4.78, 5) is -0.0311. The molecule has 0 spiro atoms. The van der Waals surface area contributed by atoms with E-state index in [1.807, 2.05) is 20.8 Å². The van der Waals surface area contributed by atoms with Gasteiger partial charge in [0.15, 0.2) is 0 Å². The number of halogens is 1. The first-order valence-corrected chi connectivity index (χ1v) is 8.77. The van der Waals surface area contributed by atoms with E-state index in [2.05, 4.69) is 0 Å². The maximum Gasteiger partial charge on any atom is 0.243 e. The van der Waals surface area contributed by atoms with Crippen LogP contribution in [0.25, 0.3) is 0 Å². The summed E-state index contributed by atoms with van der Waals surface area (Å²) < 4.78 is 41.0. The first-order chi connectivity index (χ1) is 9.75. The molecule has 0 saturated heterocycles. The fourth-order valence-corrected chi connectivity index (χ4v) is 4.18. The van der Waals surface area contributed by atoms with Crippen LogP contribution in [0.3, 0.4) is 0 Å². The summed E-state index contributed by atoms with van der Waals surface area (Å²) >= 11 is 0. The highest BCUT2D eigenvalue weighted by Gasteiger charge is 2.30. The predicted molar refractivity (Wildman–Crippen MR) is 84.1 cm³/mol. The monoisotopic (exact) mass is 316 g/mol. The van der Waals surface area contributed by atoms with Crippen LogP contribution in [0.5, 0.6) is 0 Å². The number of anilines is 1. The quantitative estimate of drug-likeness (QED) is 0.785. The molecule has 0 saturated carbocycles. The number of unbranched alkanes of at least 4 members (excludes halogenated alkanes) is 1. The molecular weight excluding hydrogens is 291 g/mol. The summed E-state index contributed by atoms with van der Waals surface area (Å²) in [6, 6.07) is 2.36. The van der Waals surface area contributed by atoms with Crippen LogP contribution in [-0.4, -0.2) is 25.3 Å². The molecular formula is C15H25FN2O2S. The minimum Gasteiger partial charge on any atom is -0.399 e. The molecule has 0 bridgehead atoms. The minimum absolute atomic E-state index is 0.0311. The van der Waals surface area contributed by atoms with Crippen LogP contribution in [0.4, 0.5) is 10.1 Å². The van der Waals surface area contributed by atoms with Crippen molar-refractivity contribution in [3.63, 3.8) is 0 Å². The van der Waals surface area contributed by atoms with Gasteiger partial charge in [-0.1, -0.05) is 20.3 Å². The molecule has 0 aliphatic heterocycles. The molecule has 0 heterocycles. The van der Waals surface area contributed by atoms with E-state index in [0.29, 0.717) is 13.0 Å². The number of sulfonamides is 1. The lowest BCUT2D eigenvalue weighted by molar-refractivity contribution is 0.324. The van der Waals surface area contributed by atoms with Gasteiger partial charge >= 0.3 is 0 Å². The Balaban J connectivity index is 3.35. The van der Waals surface area contributed by atoms with E-state index in [9.17, 15) is 12.8 Å². The Morgan fingerprint density at radius 3 is 2.48 bits per heavy atom. The molecule has 0 aliphatic rings. The Morgan fingerprint density at radius 1 is 1.33 bits per heavy atom. The number of hydrogen-bond donors (Lipinski definition) is 1. The molecule has 0 amide bonds.